The smallest absolute Gasteiger partial charge is 0.338 e. The fourth-order valence-electron chi connectivity index (χ4n) is 4.47. The van der Waals surface area contributed by atoms with Crippen molar-refractivity contribution in [3.8, 4) is 5.69 Å². The van der Waals surface area contributed by atoms with Gasteiger partial charge in [-0.25, -0.2) is 9.79 Å². The Balaban J connectivity index is 1.68. The number of aromatic nitrogens is 3. The molecule has 1 aliphatic heterocycles. The van der Waals surface area contributed by atoms with Crippen molar-refractivity contribution in [3.05, 3.63) is 101 Å². The Bertz CT molecular complexity index is 1620. The average Bonchev–Trinajstić information content (AvgIpc) is 3.53. The summed E-state index contributed by atoms with van der Waals surface area (Å²) in [6.45, 7) is 7.88. The van der Waals surface area contributed by atoms with Gasteiger partial charge in [0.15, 0.2) is 4.80 Å². The average molecular weight is 505 g/mol. The molecule has 0 aliphatic carbocycles. The van der Waals surface area contributed by atoms with Gasteiger partial charge in [0.2, 0.25) is 0 Å². The number of pyridine rings is 1. The zero-order valence-corrected chi connectivity index (χ0v) is 21.4. The summed E-state index contributed by atoms with van der Waals surface area (Å²) < 4.78 is 9.64. The van der Waals surface area contributed by atoms with E-state index in [1.165, 1.54) is 22.7 Å². The molecule has 0 bridgehead atoms. The number of aryl methyl sites for hydroxylation is 1. The first-order chi connectivity index (χ1) is 16.9. The van der Waals surface area contributed by atoms with E-state index in [-0.39, 0.29) is 12.2 Å². The van der Waals surface area contributed by atoms with Gasteiger partial charge in [-0.1, -0.05) is 17.4 Å². The summed E-state index contributed by atoms with van der Waals surface area (Å²) in [7, 11) is 0. The maximum Gasteiger partial charge on any atom is 0.338 e. The quantitative estimate of drug-likeness (QED) is 0.389. The van der Waals surface area contributed by atoms with Gasteiger partial charge in [-0.3, -0.25) is 14.3 Å². The second-order valence-corrected chi connectivity index (χ2v) is 10.2. The van der Waals surface area contributed by atoms with Crippen LogP contribution in [0.4, 0.5) is 0 Å². The molecule has 4 aromatic heterocycles. The number of rotatable bonds is 5. The van der Waals surface area contributed by atoms with E-state index in [0.29, 0.717) is 20.6 Å². The van der Waals surface area contributed by atoms with Crippen molar-refractivity contribution in [2.24, 2.45) is 4.99 Å². The number of fused-ring (bicyclic) bond motifs is 1. The highest BCUT2D eigenvalue weighted by atomic mass is 32.1. The van der Waals surface area contributed by atoms with E-state index in [4.69, 9.17) is 4.74 Å². The van der Waals surface area contributed by atoms with Gasteiger partial charge < -0.3 is 9.30 Å². The SMILES string of the molecule is CCOC(=O)C1=C(C)N=c2s/c(=C/c3cc(C)n(-c4cccnc4)c3C)c(=O)n2C1c1cccs1. The molecule has 0 aromatic carbocycles. The predicted octanol–water partition coefficient (Wildman–Crippen LogP) is 3.66. The minimum absolute atomic E-state index is 0.173. The molecule has 0 spiro atoms. The maximum atomic E-state index is 13.7. The van der Waals surface area contributed by atoms with Crippen molar-refractivity contribution in [3.63, 3.8) is 0 Å². The first kappa shape index (κ1) is 23.2. The number of thiazole rings is 1. The van der Waals surface area contributed by atoms with E-state index in [1.807, 2.05) is 55.8 Å². The molecule has 0 saturated carbocycles. The highest BCUT2D eigenvalue weighted by molar-refractivity contribution is 7.10. The molecule has 1 atom stereocenters. The van der Waals surface area contributed by atoms with Crippen molar-refractivity contribution in [1.29, 1.82) is 0 Å². The van der Waals surface area contributed by atoms with Crippen molar-refractivity contribution in [2.75, 3.05) is 6.61 Å². The number of carbonyl (C=O) groups is 1. The van der Waals surface area contributed by atoms with Gasteiger partial charge in [0, 0.05) is 22.5 Å². The summed E-state index contributed by atoms with van der Waals surface area (Å²) in [5, 5.41) is 1.94. The highest BCUT2D eigenvalue weighted by Crippen LogP contribution is 2.33. The van der Waals surface area contributed by atoms with Crippen LogP contribution in [0, 0.1) is 13.8 Å². The summed E-state index contributed by atoms with van der Waals surface area (Å²) in [6.07, 6.45) is 5.47. The molecule has 4 aromatic rings. The Morgan fingerprint density at radius 1 is 1.23 bits per heavy atom. The molecule has 0 amide bonds. The molecule has 1 unspecified atom stereocenters. The number of esters is 1. The van der Waals surface area contributed by atoms with Crippen LogP contribution < -0.4 is 14.9 Å². The molecule has 0 N–H and O–H groups in total. The lowest BCUT2D eigenvalue weighted by Gasteiger charge is -2.23. The number of thiophene rings is 1. The van der Waals surface area contributed by atoms with Crippen LogP contribution in [0.15, 0.2) is 69.2 Å². The standard InChI is InChI=1S/C26H24N4O3S2/c1-5-33-25(32)22-16(3)28-26-30(23(22)20-9-7-11-34-20)24(31)21(35-26)13-18-12-15(2)29(17(18)4)19-8-6-10-27-14-19/h6-14,23H,5H2,1-4H3/b21-13+. The number of hydrogen-bond donors (Lipinski definition) is 0. The molecular weight excluding hydrogens is 480 g/mol. The van der Waals surface area contributed by atoms with Crippen LogP contribution in [-0.4, -0.2) is 26.7 Å². The Labute approximate surface area is 210 Å². The molecule has 5 rings (SSSR count). The summed E-state index contributed by atoms with van der Waals surface area (Å²) in [5.74, 6) is -0.443. The van der Waals surface area contributed by atoms with E-state index >= 15 is 0 Å². The molecule has 178 valence electrons. The number of nitrogens with zero attached hydrogens (tertiary/aromatic N) is 4. The number of carbonyl (C=O) groups excluding carboxylic acids is 1. The minimum Gasteiger partial charge on any atom is -0.463 e. The van der Waals surface area contributed by atoms with Gasteiger partial charge in [-0.2, -0.15) is 0 Å². The summed E-state index contributed by atoms with van der Waals surface area (Å²) in [6, 6.07) is 9.26. The van der Waals surface area contributed by atoms with Crippen molar-refractivity contribution in [1.82, 2.24) is 14.1 Å². The molecule has 1 aliphatic rings. The Hall–Kier alpha value is -3.56. The molecule has 0 fully saturated rings. The number of ether oxygens (including phenoxy) is 1. The van der Waals surface area contributed by atoms with Crippen LogP contribution in [-0.2, 0) is 9.53 Å². The fourth-order valence-corrected chi connectivity index (χ4v) is 6.33. The topological polar surface area (TPSA) is 78.5 Å². The van der Waals surface area contributed by atoms with Gasteiger partial charge in [0.05, 0.1) is 34.3 Å². The van der Waals surface area contributed by atoms with Crippen LogP contribution in [0.1, 0.15) is 41.7 Å². The second-order valence-electron chi connectivity index (χ2n) is 8.19. The van der Waals surface area contributed by atoms with Crippen molar-refractivity contribution < 1.29 is 9.53 Å². The largest absolute Gasteiger partial charge is 0.463 e. The van der Waals surface area contributed by atoms with Crippen LogP contribution in [0.3, 0.4) is 0 Å². The molecule has 35 heavy (non-hydrogen) atoms. The third kappa shape index (κ3) is 4.00. The minimum atomic E-state index is -0.560. The lowest BCUT2D eigenvalue weighted by Crippen LogP contribution is -2.39. The third-order valence-corrected chi connectivity index (χ3v) is 7.90. The number of hydrogen-bond acceptors (Lipinski definition) is 7. The Morgan fingerprint density at radius 3 is 2.74 bits per heavy atom. The van der Waals surface area contributed by atoms with Crippen LogP contribution in [0.2, 0.25) is 0 Å². The fraction of sp³-hybridized carbons (Fsp3) is 0.231. The van der Waals surface area contributed by atoms with Gasteiger partial charge >= 0.3 is 5.97 Å². The van der Waals surface area contributed by atoms with E-state index in [2.05, 4.69) is 20.6 Å². The normalized spacial score (nSPS) is 15.8. The monoisotopic (exact) mass is 504 g/mol. The molecule has 0 saturated heterocycles. The Kier molecular flexibility index (Phi) is 6.12. The van der Waals surface area contributed by atoms with Crippen LogP contribution in [0.5, 0.6) is 0 Å². The molecule has 7 nitrogen and oxygen atoms in total. The molecule has 0 radical (unpaired) electrons. The summed E-state index contributed by atoms with van der Waals surface area (Å²) >= 11 is 2.84. The van der Waals surface area contributed by atoms with E-state index < -0.39 is 12.0 Å². The molecule has 9 heteroatoms. The second kappa shape index (κ2) is 9.24. The Morgan fingerprint density at radius 2 is 2.06 bits per heavy atom. The van der Waals surface area contributed by atoms with Gasteiger partial charge in [-0.05, 0) is 69.0 Å². The number of allylic oxidation sites excluding steroid dienone is 1. The van der Waals surface area contributed by atoms with E-state index in [9.17, 15) is 9.59 Å². The van der Waals surface area contributed by atoms with Crippen molar-refractivity contribution in [2.45, 2.75) is 33.7 Å². The predicted molar refractivity (Wildman–Crippen MR) is 138 cm³/mol. The highest BCUT2D eigenvalue weighted by Gasteiger charge is 2.33. The maximum absolute atomic E-state index is 13.7. The van der Waals surface area contributed by atoms with E-state index in [0.717, 1.165) is 27.5 Å². The van der Waals surface area contributed by atoms with Crippen molar-refractivity contribution >= 4 is 34.7 Å². The van der Waals surface area contributed by atoms with Crippen LogP contribution >= 0.6 is 22.7 Å². The lowest BCUT2D eigenvalue weighted by molar-refractivity contribution is -0.139. The van der Waals surface area contributed by atoms with Crippen LogP contribution in [0.25, 0.3) is 11.8 Å². The van der Waals surface area contributed by atoms with Gasteiger partial charge in [0.25, 0.3) is 5.56 Å². The first-order valence-corrected chi connectivity index (χ1v) is 12.9. The molecular formula is C26H24N4O3S2. The summed E-state index contributed by atoms with van der Waals surface area (Å²) in [4.78, 5) is 37.0. The molecule has 5 heterocycles. The lowest BCUT2D eigenvalue weighted by atomic mass is 10.0. The third-order valence-electron chi connectivity index (χ3n) is 5.99. The van der Waals surface area contributed by atoms with E-state index in [1.54, 1.807) is 24.6 Å². The zero-order chi connectivity index (χ0) is 24.7. The van der Waals surface area contributed by atoms with Gasteiger partial charge in [-0.15, -0.1) is 11.3 Å². The van der Waals surface area contributed by atoms with Gasteiger partial charge in [0.1, 0.15) is 6.04 Å². The zero-order valence-electron chi connectivity index (χ0n) is 19.8. The first-order valence-electron chi connectivity index (χ1n) is 11.2. The summed E-state index contributed by atoms with van der Waals surface area (Å²) in [5.41, 5.74) is 4.78.